The van der Waals surface area contributed by atoms with E-state index < -0.39 is 18.3 Å². The lowest BCUT2D eigenvalue weighted by atomic mass is 10.1. The molecule has 1 N–H and O–H groups in total. The number of H-pyrrole nitrogens is 1. The molecule has 0 bridgehead atoms. The van der Waals surface area contributed by atoms with Crippen molar-refractivity contribution in [1.29, 1.82) is 0 Å². The largest absolute Gasteiger partial charge is 0.573 e. The van der Waals surface area contributed by atoms with Gasteiger partial charge in [0.05, 0.1) is 17.6 Å². The molecule has 0 aliphatic heterocycles. The Kier molecular flexibility index (Phi) is 5.41. The van der Waals surface area contributed by atoms with Crippen molar-refractivity contribution in [3.63, 3.8) is 0 Å². The van der Waals surface area contributed by atoms with Crippen LogP contribution in [0.2, 0.25) is 0 Å². The zero-order valence-electron chi connectivity index (χ0n) is 15.5. The number of nitrogens with one attached hydrogen (secondary N) is 1. The molecule has 0 saturated heterocycles. The number of rotatable bonds is 6. The minimum atomic E-state index is -4.77. The van der Waals surface area contributed by atoms with E-state index in [4.69, 9.17) is 4.74 Å². The van der Waals surface area contributed by atoms with E-state index in [9.17, 15) is 17.6 Å². The highest BCUT2D eigenvalue weighted by Crippen LogP contribution is 2.30. The lowest BCUT2D eigenvalue weighted by Crippen LogP contribution is -2.17. The number of benzene rings is 3. The number of halogens is 4. The molecule has 4 aromatic rings. The number of aromatic nitrogens is 2. The number of fused-ring (bicyclic) bond motifs is 1. The normalized spacial score (nSPS) is 12.8. The van der Waals surface area contributed by atoms with Gasteiger partial charge in [0.25, 0.3) is 0 Å². The predicted octanol–water partition coefficient (Wildman–Crippen LogP) is 5.91. The van der Waals surface area contributed by atoms with E-state index in [0.29, 0.717) is 22.4 Å². The second-order valence-corrected chi connectivity index (χ2v) is 6.58. The number of hydrogen-bond donors (Lipinski definition) is 1. The molecule has 1 unspecified atom stereocenters. The van der Waals surface area contributed by atoms with Crippen molar-refractivity contribution < 1.29 is 27.0 Å². The SMILES string of the molecule is Fc1ccc2nc(C(OCc3ccccc3)c3ccc(OC(F)(F)F)cc3)[nH]c2c1. The molecule has 30 heavy (non-hydrogen) atoms. The third-order valence-corrected chi connectivity index (χ3v) is 4.39. The zero-order chi connectivity index (χ0) is 21.1. The van der Waals surface area contributed by atoms with Crippen LogP contribution in [0.1, 0.15) is 23.1 Å². The van der Waals surface area contributed by atoms with Crippen molar-refractivity contribution in [2.24, 2.45) is 0 Å². The average Bonchev–Trinajstić information content (AvgIpc) is 3.12. The van der Waals surface area contributed by atoms with Crippen molar-refractivity contribution in [3.05, 3.63) is 95.6 Å². The zero-order valence-corrected chi connectivity index (χ0v) is 15.5. The van der Waals surface area contributed by atoms with Gasteiger partial charge in [0.15, 0.2) is 0 Å². The minimum absolute atomic E-state index is 0.248. The Balaban J connectivity index is 1.65. The molecule has 0 aliphatic rings. The van der Waals surface area contributed by atoms with E-state index in [1.54, 1.807) is 6.07 Å². The molecule has 1 heterocycles. The van der Waals surface area contributed by atoms with Gasteiger partial charge in [-0.05, 0) is 41.5 Å². The summed E-state index contributed by atoms with van der Waals surface area (Å²) in [6.45, 7) is 0.248. The maximum atomic E-state index is 13.5. The Morgan fingerprint density at radius 3 is 2.37 bits per heavy atom. The molecule has 3 aromatic carbocycles. The molecule has 1 aromatic heterocycles. The Morgan fingerprint density at radius 2 is 1.67 bits per heavy atom. The van der Waals surface area contributed by atoms with Crippen LogP contribution >= 0.6 is 0 Å². The topological polar surface area (TPSA) is 47.1 Å². The molecule has 0 fully saturated rings. The molecule has 0 saturated carbocycles. The number of alkyl halides is 3. The summed E-state index contributed by atoms with van der Waals surface area (Å²) < 4.78 is 60.8. The van der Waals surface area contributed by atoms with Crippen molar-refractivity contribution in [2.45, 2.75) is 19.1 Å². The highest BCUT2D eigenvalue weighted by Gasteiger charge is 2.31. The van der Waals surface area contributed by atoms with Gasteiger partial charge >= 0.3 is 6.36 Å². The van der Waals surface area contributed by atoms with Crippen LogP contribution in [0.5, 0.6) is 5.75 Å². The first-order chi connectivity index (χ1) is 14.4. The molecule has 1 atom stereocenters. The van der Waals surface area contributed by atoms with Gasteiger partial charge in [-0.3, -0.25) is 0 Å². The summed E-state index contributed by atoms with van der Waals surface area (Å²) in [4.78, 5) is 7.50. The van der Waals surface area contributed by atoms with Crippen LogP contribution in [0, 0.1) is 5.82 Å². The Labute approximate surface area is 169 Å². The molecule has 0 amide bonds. The van der Waals surface area contributed by atoms with Gasteiger partial charge in [0.1, 0.15) is 23.5 Å². The Bertz CT molecular complexity index is 1130. The second-order valence-electron chi connectivity index (χ2n) is 6.58. The van der Waals surface area contributed by atoms with Crippen molar-refractivity contribution >= 4 is 11.0 Å². The molecule has 4 rings (SSSR count). The molecule has 0 spiro atoms. The van der Waals surface area contributed by atoms with Crippen LogP contribution in [-0.4, -0.2) is 16.3 Å². The van der Waals surface area contributed by atoms with Crippen LogP contribution in [-0.2, 0) is 11.3 Å². The molecular formula is C22H16F4N2O2. The van der Waals surface area contributed by atoms with E-state index >= 15 is 0 Å². The van der Waals surface area contributed by atoms with Gasteiger partial charge < -0.3 is 14.5 Å². The molecule has 0 radical (unpaired) electrons. The number of hydrogen-bond acceptors (Lipinski definition) is 3. The standard InChI is InChI=1S/C22H16F4N2O2/c23-16-8-11-18-19(12-16)28-21(27-18)20(29-13-14-4-2-1-3-5-14)15-6-9-17(10-7-15)30-22(24,25)26/h1-12,20H,13H2,(H,27,28). The molecule has 4 nitrogen and oxygen atoms in total. The van der Waals surface area contributed by atoms with Crippen LogP contribution < -0.4 is 4.74 Å². The summed E-state index contributed by atoms with van der Waals surface area (Å²) in [5.74, 6) is -0.330. The summed E-state index contributed by atoms with van der Waals surface area (Å²) in [5.41, 5.74) is 2.54. The quantitative estimate of drug-likeness (QED) is 0.398. The number of imidazole rings is 1. The minimum Gasteiger partial charge on any atom is -0.406 e. The van der Waals surface area contributed by atoms with Crippen molar-refractivity contribution in [1.82, 2.24) is 9.97 Å². The number of aromatic amines is 1. The summed E-state index contributed by atoms with van der Waals surface area (Å²) in [6, 6.07) is 19.0. The van der Waals surface area contributed by atoms with Crippen molar-refractivity contribution in [2.75, 3.05) is 0 Å². The molecule has 154 valence electrons. The van der Waals surface area contributed by atoms with Gasteiger partial charge in [-0.25, -0.2) is 9.37 Å². The summed E-state index contributed by atoms with van der Waals surface area (Å²) in [5, 5.41) is 0. The second kappa shape index (κ2) is 8.16. The van der Waals surface area contributed by atoms with Crippen molar-refractivity contribution in [3.8, 4) is 5.75 Å². The summed E-state index contributed by atoms with van der Waals surface area (Å²) in [6.07, 6.45) is -5.48. The highest BCUT2D eigenvalue weighted by molar-refractivity contribution is 5.75. The van der Waals surface area contributed by atoms with Gasteiger partial charge in [-0.1, -0.05) is 42.5 Å². The van der Waals surface area contributed by atoms with Crippen LogP contribution in [0.3, 0.4) is 0 Å². The Hall–Kier alpha value is -3.39. The predicted molar refractivity (Wildman–Crippen MR) is 102 cm³/mol. The fourth-order valence-electron chi connectivity index (χ4n) is 3.06. The fraction of sp³-hybridized carbons (Fsp3) is 0.136. The van der Waals surface area contributed by atoms with E-state index in [1.807, 2.05) is 30.3 Å². The first kappa shape index (κ1) is 19.9. The van der Waals surface area contributed by atoms with Gasteiger partial charge in [0.2, 0.25) is 0 Å². The molecular weight excluding hydrogens is 400 g/mol. The van der Waals surface area contributed by atoms with Crippen LogP contribution in [0.25, 0.3) is 11.0 Å². The maximum Gasteiger partial charge on any atom is 0.573 e. The van der Waals surface area contributed by atoms with E-state index in [0.717, 1.165) is 5.56 Å². The van der Waals surface area contributed by atoms with E-state index in [-0.39, 0.29) is 12.4 Å². The van der Waals surface area contributed by atoms with E-state index in [2.05, 4.69) is 14.7 Å². The lowest BCUT2D eigenvalue weighted by Gasteiger charge is -2.17. The van der Waals surface area contributed by atoms with Crippen LogP contribution in [0.15, 0.2) is 72.8 Å². The smallest absolute Gasteiger partial charge is 0.406 e. The molecule has 8 heteroatoms. The van der Waals surface area contributed by atoms with Crippen LogP contribution in [0.4, 0.5) is 17.6 Å². The first-order valence-corrected chi connectivity index (χ1v) is 9.04. The first-order valence-electron chi connectivity index (χ1n) is 9.04. The Morgan fingerprint density at radius 1 is 0.933 bits per heavy atom. The maximum absolute atomic E-state index is 13.5. The monoisotopic (exact) mass is 416 g/mol. The fourth-order valence-corrected chi connectivity index (χ4v) is 3.06. The number of ether oxygens (including phenoxy) is 2. The van der Waals surface area contributed by atoms with Gasteiger partial charge in [-0.2, -0.15) is 0 Å². The van der Waals surface area contributed by atoms with Gasteiger partial charge in [-0.15, -0.1) is 13.2 Å². The highest BCUT2D eigenvalue weighted by atomic mass is 19.4. The summed E-state index contributed by atoms with van der Waals surface area (Å²) >= 11 is 0. The average molecular weight is 416 g/mol. The summed E-state index contributed by atoms with van der Waals surface area (Å²) in [7, 11) is 0. The van der Waals surface area contributed by atoms with Gasteiger partial charge in [0, 0.05) is 0 Å². The third-order valence-electron chi connectivity index (χ3n) is 4.39. The third kappa shape index (κ3) is 4.77. The van der Waals surface area contributed by atoms with E-state index in [1.165, 1.54) is 36.4 Å². The molecule has 0 aliphatic carbocycles. The lowest BCUT2D eigenvalue weighted by molar-refractivity contribution is -0.274. The number of nitrogens with zero attached hydrogens (tertiary/aromatic N) is 1.